The molecule has 1 rings (SSSR count). The molecule has 0 bridgehead atoms. The molecule has 1 aliphatic carbocycles. The summed E-state index contributed by atoms with van der Waals surface area (Å²) in [5.74, 6) is 0.0492. The van der Waals surface area contributed by atoms with E-state index in [4.69, 9.17) is 10.7 Å². The third-order valence-corrected chi connectivity index (χ3v) is 2.73. The van der Waals surface area contributed by atoms with Gasteiger partial charge < -0.3 is 0 Å². The number of hydrogen-bond donors (Lipinski definition) is 0. The van der Waals surface area contributed by atoms with Crippen molar-refractivity contribution in [2.75, 3.05) is 0 Å². The summed E-state index contributed by atoms with van der Waals surface area (Å²) < 4.78 is 0. The van der Waals surface area contributed by atoms with Crippen LogP contribution in [0.25, 0.3) is 0 Å². The van der Waals surface area contributed by atoms with Gasteiger partial charge in [-0.05, 0) is 33.6 Å². The number of hydrogen-bond acceptors (Lipinski definition) is 3. The average molecular weight is 179 g/mol. The quantitative estimate of drug-likeness (QED) is 0.605. The first kappa shape index (κ1) is 7.25. The van der Waals surface area contributed by atoms with Crippen LogP contribution >= 0.6 is 31.5 Å². The minimum Gasteiger partial charge on any atom is -0.289 e. The fraction of sp³-hybridized carbons (Fsp3) is 0. The standard InChI is InChI=1S/C5H3ClOS2/c6-9-8-5-3-1-2-4(5)7/h1-3H. The van der Waals surface area contributed by atoms with Crippen LogP contribution in [0.5, 0.6) is 0 Å². The molecule has 0 unspecified atom stereocenters. The zero-order chi connectivity index (χ0) is 6.69. The molecule has 0 heterocycles. The summed E-state index contributed by atoms with van der Waals surface area (Å²) in [6.45, 7) is 0. The highest BCUT2D eigenvalue weighted by Crippen LogP contribution is 2.35. The summed E-state index contributed by atoms with van der Waals surface area (Å²) in [6, 6.07) is 0. The van der Waals surface area contributed by atoms with E-state index >= 15 is 0 Å². The Bertz CT molecular complexity index is 185. The van der Waals surface area contributed by atoms with Crippen LogP contribution in [0.2, 0.25) is 0 Å². The first-order valence-corrected chi connectivity index (χ1v) is 5.20. The van der Waals surface area contributed by atoms with E-state index in [0.29, 0.717) is 4.91 Å². The molecule has 1 aliphatic rings. The summed E-state index contributed by atoms with van der Waals surface area (Å²) in [6.07, 6.45) is 5.00. The molecule has 1 nitrogen and oxygen atoms in total. The number of ketones is 1. The lowest BCUT2D eigenvalue weighted by atomic mass is 10.4. The lowest BCUT2D eigenvalue weighted by Gasteiger charge is -1.89. The van der Waals surface area contributed by atoms with E-state index in [1.54, 1.807) is 12.2 Å². The largest absolute Gasteiger partial charge is 0.289 e. The number of allylic oxidation sites excluding steroid dienone is 4. The lowest BCUT2D eigenvalue weighted by Crippen LogP contribution is -1.86. The second kappa shape index (κ2) is 3.34. The van der Waals surface area contributed by atoms with Gasteiger partial charge in [-0.2, -0.15) is 0 Å². The molecule has 4 heteroatoms. The van der Waals surface area contributed by atoms with Crippen LogP contribution in [-0.4, -0.2) is 5.78 Å². The van der Waals surface area contributed by atoms with Gasteiger partial charge in [-0.3, -0.25) is 4.79 Å². The predicted octanol–water partition coefficient (Wildman–Crippen LogP) is 2.54. The van der Waals surface area contributed by atoms with E-state index in [1.165, 1.54) is 16.9 Å². The molecule has 0 atom stereocenters. The van der Waals surface area contributed by atoms with Gasteiger partial charge in [-0.1, -0.05) is 6.08 Å². The third kappa shape index (κ3) is 1.78. The Kier molecular flexibility index (Phi) is 2.69. The Hall–Kier alpha value is 0.140. The molecular formula is C5H3ClOS2. The highest BCUT2D eigenvalue weighted by atomic mass is 35.7. The lowest BCUT2D eigenvalue weighted by molar-refractivity contribution is -0.110. The molecule has 0 aliphatic heterocycles. The summed E-state index contributed by atoms with van der Waals surface area (Å²) in [7, 11) is 7.65. The van der Waals surface area contributed by atoms with Gasteiger partial charge in [-0.25, -0.2) is 0 Å². The van der Waals surface area contributed by atoms with Crippen LogP contribution in [-0.2, 0) is 4.79 Å². The first-order chi connectivity index (χ1) is 4.34. The molecule has 0 aromatic carbocycles. The van der Waals surface area contributed by atoms with Crippen molar-refractivity contribution in [3.8, 4) is 0 Å². The van der Waals surface area contributed by atoms with Crippen molar-refractivity contribution in [1.82, 2.24) is 0 Å². The van der Waals surface area contributed by atoms with Gasteiger partial charge in [0, 0.05) is 10.0 Å². The van der Waals surface area contributed by atoms with Gasteiger partial charge in [0.1, 0.15) is 0 Å². The maximum Gasteiger partial charge on any atom is 0.193 e. The maximum absolute atomic E-state index is 10.7. The Morgan fingerprint density at radius 2 is 2.33 bits per heavy atom. The molecule has 0 saturated heterocycles. The normalized spacial score (nSPS) is 16.6. The van der Waals surface area contributed by atoms with Crippen LogP contribution in [0.4, 0.5) is 0 Å². The van der Waals surface area contributed by atoms with Crippen LogP contribution in [0.1, 0.15) is 0 Å². The average Bonchev–Trinajstić information content (AvgIpc) is 2.18. The van der Waals surface area contributed by atoms with E-state index in [9.17, 15) is 4.79 Å². The Balaban J connectivity index is 2.54. The van der Waals surface area contributed by atoms with Crippen LogP contribution in [0.3, 0.4) is 0 Å². The molecule has 0 radical (unpaired) electrons. The molecule has 0 amide bonds. The second-order valence-electron chi connectivity index (χ2n) is 1.40. The summed E-state index contributed by atoms with van der Waals surface area (Å²) >= 11 is 0. The number of halogens is 1. The zero-order valence-corrected chi connectivity index (χ0v) is 6.72. The number of carbonyl (C=O) groups excluding carboxylic acids is 1. The monoisotopic (exact) mass is 178 g/mol. The molecule has 0 spiro atoms. The highest BCUT2D eigenvalue weighted by Gasteiger charge is 2.09. The van der Waals surface area contributed by atoms with Crippen molar-refractivity contribution in [2.24, 2.45) is 0 Å². The van der Waals surface area contributed by atoms with Gasteiger partial charge in [0.05, 0.1) is 4.91 Å². The van der Waals surface area contributed by atoms with Crippen molar-refractivity contribution in [3.63, 3.8) is 0 Å². The van der Waals surface area contributed by atoms with Crippen molar-refractivity contribution in [2.45, 2.75) is 0 Å². The fourth-order valence-electron chi connectivity index (χ4n) is 0.490. The number of rotatable bonds is 2. The maximum atomic E-state index is 10.7. The third-order valence-electron chi connectivity index (χ3n) is 0.859. The highest BCUT2D eigenvalue weighted by molar-refractivity contribution is 8.86. The minimum absolute atomic E-state index is 0.0492. The summed E-state index contributed by atoms with van der Waals surface area (Å²) in [5.41, 5.74) is 0. The van der Waals surface area contributed by atoms with Crippen molar-refractivity contribution in [1.29, 1.82) is 0 Å². The molecule has 0 aromatic heterocycles. The Morgan fingerprint density at radius 1 is 1.56 bits per heavy atom. The van der Waals surface area contributed by atoms with E-state index in [0.717, 1.165) is 10.0 Å². The van der Waals surface area contributed by atoms with E-state index in [-0.39, 0.29) is 5.78 Å². The molecular weight excluding hydrogens is 176 g/mol. The van der Waals surface area contributed by atoms with Crippen molar-refractivity contribution < 1.29 is 4.79 Å². The molecule has 0 fully saturated rings. The van der Waals surface area contributed by atoms with Crippen LogP contribution in [0.15, 0.2) is 23.1 Å². The zero-order valence-electron chi connectivity index (χ0n) is 4.33. The van der Waals surface area contributed by atoms with Crippen molar-refractivity contribution in [3.05, 3.63) is 23.1 Å². The molecule has 0 aromatic rings. The molecule has 48 valence electrons. The molecule has 0 saturated carbocycles. The smallest absolute Gasteiger partial charge is 0.193 e. The van der Waals surface area contributed by atoms with Gasteiger partial charge in [0.15, 0.2) is 5.78 Å². The van der Waals surface area contributed by atoms with Gasteiger partial charge in [-0.15, -0.1) is 0 Å². The Morgan fingerprint density at radius 3 is 2.78 bits per heavy atom. The minimum atomic E-state index is 0.0492. The number of carbonyl (C=O) groups is 1. The predicted molar refractivity (Wildman–Crippen MR) is 43.3 cm³/mol. The second-order valence-corrected chi connectivity index (χ2v) is 4.14. The van der Waals surface area contributed by atoms with Gasteiger partial charge in [0.2, 0.25) is 0 Å². The topological polar surface area (TPSA) is 17.1 Å². The molecule has 0 N–H and O–H groups in total. The first-order valence-electron chi connectivity index (χ1n) is 2.22. The van der Waals surface area contributed by atoms with E-state index in [1.807, 2.05) is 0 Å². The molecule has 9 heavy (non-hydrogen) atoms. The van der Waals surface area contributed by atoms with Crippen LogP contribution < -0.4 is 0 Å². The summed E-state index contributed by atoms with van der Waals surface area (Å²) in [5, 5.41) is 0. The summed E-state index contributed by atoms with van der Waals surface area (Å²) in [4.78, 5) is 11.4. The van der Waals surface area contributed by atoms with Gasteiger partial charge >= 0.3 is 0 Å². The van der Waals surface area contributed by atoms with E-state index < -0.39 is 0 Å². The SMILES string of the molecule is O=C1C=CC=C1SSCl. The fourth-order valence-corrected chi connectivity index (χ4v) is 2.07. The Labute approximate surface area is 65.4 Å². The van der Waals surface area contributed by atoms with Gasteiger partial charge in [0.25, 0.3) is 0 Å². The van der Waals surface area contributed by atoms with E-state index in [2.05, 4.69) is 0 Å². The van der Waals surface area contributed by atoms with Crippen molar-refractivity contribution >= 4 is 37.3 Å². The van der Waals surface area contributed by atoms with Crippen LogP contribution in [0, 0.1) is 0 Å².